The molecule has 0 radical (unpaired) electrons. The van der Waals surface area contributed by atoms with Crippen LogP contribution in [0.4, 0.5) is 16.3 Å². The molecule has 1 fully saturated rings. The standard InChI is InChI=1S/C19H23N7O/c1-13-4-5-16(14(2)12-13)20-19(27)25-10-8-24(9-11-25)18-7-6-17-22-21-15(3)26(17)23-18/h4-7,12H,8-11H2,1-3H3,(H,20,27). The van der Waals surface area contributed by atoms with Gasteiger partial charge in [0.1, 0.15) is 5.82 Å². The van der Waals surface area contributed by atoms with Crippen molar-refractivity contribution >= 4 is 23.2 Å². The third-order valence-electron chi connectivity index (χ3n) is 4.92. The molecule has 0 spiro atoms. The minimum atomic E-state index is -0.0559. The van der Waals surface area contributed by atoms with Crippen LogP contribution in [0.5, 0.6) is 0 Å². The quantitative estimate of drug-likeness (QED) is 0.754. The molecule has 0 aliphatic carbocycles. The Bertz CT molecular complexity index is 989. The summed E-state index contributed by atoms with van der Waals surface area (Å²) in [6.07, 6.45) is 0. The van der Waals surface area contributed by atoms with E-state index in [1.165, 1.54) is 5.56 Å². The Morgan fingerprint density at radius 1 is 1.00 bits per heavy atom. The van der Waals surface area contributed by atoms with Gasteiger partial charge in [-0.3, -0.25) is 0 Å². The van der Waals surface area contributed by atoms with Crippen LogP contribution in [0.15, 0.2) is 30.3 Å². The van der Waals surface area contributed by atoms with Crippen LogP contribution in [0.2, 0.25) is 0 Å². The predicted octanol–water partition coefficient (Wildman–Crippen LogP) is 2.40. The van der Waals surface area contributed by atoms with E-state index in [4.69, 9.17) is 0 Å². The van der Waals surface area contributed by atoms with Gasteiger partial charge in [0.2, 0.25) is 0 Å². The van der Waals surface area contributed by atoms with E-state index >= 15 is 0 Å². The van der Waals surface area contributed by atoms with Crippen molar-refractivity contribution in [3.63, 3.8) is 0 Å². The number of carbonyl (C=O) groups is 1. The zero-order valence-electron chi connectivity index (χ0n) is 15.8. The summed E-state index contributed by atoms with van der Waals surface area (Å²) in [5.74, 6) is 1.64. The number of nitrogens with one attached hydrogen (secondary N) is 1. The number of aromatic nitrogens is 4. The molecule has 3 aromatic rings. The van der Waals surface area contributed by atoms with Crippen molar-refractivity contribution in [1.29, 1.82) is 0 Å². The van der Waals surface area contributed by atoms with Crippen LogP contribution in [-0.2, 0) is 0 Å². The van der Waals surface area contributed by atoms with Crippen molar-refractivity contribution in [2.24, 2.45) is 0 Å². The highest BCUT2D eigenvalue weighted by molar-refractivity contribution is 5.90. The van der Waals surface area contributed by atoms with Gasteiger partial charge in [-0.05, 0) is 44.5 Å². The van der Waals surface area contributed by atoms with Crippen molar-refractivity contribution in [2.45, 2.75) is 20.8 Å². The van der Waals surface area contributed by atoms with Crippen LogP contribution in [0.25, 0.3) is 5.65 Å². The molecule has 4 rings (SSSR count). The number of rotatable bonds is 2. The van der Waals surface area contributed by atoms with Gasteiger partial charge in [-0.1, -0.05) is 17.7 Å². The first kappa shape index (κ1) is 17.3. The van der Waals surface area contributed by atoms with Gasteiger partial charge in [-0.15, -0.1) is 15.3 Å². The molecule has 2 amide bonds. The molecule has 0 unspecified atom stereocenters. The molecule has 8 nitrogen and oxygen atoms in total. The Kier molecular flexibility index (Phi) is 4.39. The first-order chi connectivity index (χ1) is 13.0. The molecular formula is C19H23N7O. The number of fused-ring (bicyclic) bond motifs is 1. The van der Waals surface area contributed by atoms with Gasteiger partial charge in [0, 0.05) is 31.9 Å². The molecule has 1 aliphatic rings. The molecule has 1 saturated heterocycles. The molecule has 0 saturated carbocycles. The summed E-state index contributed by atoms with van der Waals surface area (Å²) in [5.41, 5.74) is 3.86. The molecule has 8 heteroatoms. The van der Waals surface area contributed by atoms with E-state index in [-0.39, 0.29) is 6.03 Å². The second-order valence-electron chi connectivity index (χ2n) is 6.93. The van der Waals surface area contributed by atoms with Crippen LogP contribution >= 0.6 is 0 Å². The summed E-state index contributed by atoms with van der Waals surface area (Å²) < 4.78 is 1.74. The second-order valence-corrected chi connectivity index (χ2v) is 6.93. The van der Waals surface area contributed by atoms with E-state index in [9.17, 15) is 4.79 Å². The lowest BCUT2D eigenvalue weighted by molar-refractivity contribution is 0.208. The molecule has 0 bridgehead atoms. The van der Waals surface area contributed by atoms with Crippen molar-refractivity contribution in [2.75, 3.05) is 36.4 Å². The molecule has 27 heavy (non-hydrogen) atoms. The number of carbonyl (C=O) groups excluding carboxylic acids is 1. The van der Waals surface area contributed by atoms with Gasteiger partial charge in [-0.2, -0.15) is 4.52 Å². The summed E-state index contributed by atoms with van der Waals surface area (Å²) >= 11 is 0. The van der Waals surface area contributed by atoms with E-state index in [2.05, 4.69) is 31.6 Å². The lowest BCUT2D eigenvalue weighted by atomic mass is 10.1. The number of anilines is 2. The number of benzene rings is 1. The number of amides is 2. The third-order valence-corrected chi connectivity index (χ3v) is 4.92. The van der Waals surface area contributed by atoms with Gasteiger partial charge >= 0.3 is 6.03 Å². The van der Waals surface area contributed by atoms with Crippen molar-refractivity contribution in [1.82, 2.24) is 24.7 Å². The SMILES string of the molecule is Cc1ccc(NC(=O)N2CCN(c3ccc4nnc(C)n4n3)CC2)c(C)c1. The maximum Gasteiger partial charge on any atom is 0.321 e. The topological polar surface area (TPSA) is 78.7 Å². The molecule has 0 atom stereocenters. The summed E-state index contributed by atoms with van der Waals surface area (Å²) in [7, 11) is 0. The maximum absolute atomic E-state index is 12.6. The summed E-state index contributed by atoms with van der Waals surface area (Å²) in [6.45, 7) is 8.71. The van der Waals surface area contributed by atoms with Crippen LogP contribution in [0.3, 0.4) is 0 Å². The van der Waals surface area contributed by atoms with E-state index in [0.717, 1.165) is 41.6 Å². The number of piperazine rings is 1. The number of hydrogen-bond donors (Lipinski definition) is 1. The number of urea groups is 1. The van der Waals surface area contributed by atoms with E-state index in [1.54, 1.807) is 4.52 Å². The van der Waals surface area contributed by atoms with E-state index in [0.29, 0.717) is 13.1 Å². The molecule has 1 aromatic carbocycles. The highest BCUT2D eigenvalue weighted by Crippen LogP contribution is 2.18. The van der Waals surface area contributed by atoms with Crippen molar-refractivity contribution < 1.29 is 4.79 Å². The van der Waals surface area contributed by atoms with Crippen LogP contribution < -0.4 is 10.2 Å². The van der Waals surface area contributed by atoms with Gasteiger partial charge in [0.05, 0.1) is 0 Å². The summed E-state index contributed by atoms with van der Waals surface area (Å²) in [5, 5.41) is 15.7. The monoisotopic (exact) mass is 365 g/mol. The third kappa shape index (κ3) is 3.42. The van der Waals surface area contributed by atoms with Crippen molar-refractivity contribution in [3.05, 3.63) is 47.3 Å². The molecule has 1 N–H and O–H groups in total. The Labute approximate surface area is 157 Å². The highest BCUT2D eigenvalue weighted by Gasteiger charge is 2.22. The predicted molar refractivity (Wildman–Crippen MR) is 104 cm³/mol. The number of aryl methyl sites for hydroxylation is 3. The van der Waals surface area contributed by atoms with E-state index in [1.807, 2.05) is 49.9 Å². The Hall–Kier alpha value is -3.16. The van der Waals surface area contributed by atoms with Crippen molar-refractivity contribution in [3.8, 4) is 0 Å². The lowest BCUT2D eigenvalue weighted by Gasteiger charge is -2.35. The average Bonchev–Trinajstić information content (AvgIpc) is 3.04. The molecule has 140 valence electrons. The fraction of sp³-hybridized carbons (Fsp3) is 0.368. The number of nitrogens with zero attached hydrogens (tertiary/aromatic N) is 6. The fourth-order valence-corrected chi connectivity index (χ4v) is 3.34. The van der Waals surface area contributed by atoms with Gasteiger partial charge in [0.25, 0.3) is 0 Å². The zero-order chi connectivity index (χ0) is 19.0. The summed E-state index contributed by atoms with van der Waals surface area (Å²) in [6, 6.07) is 9.85. The minimum Gasteiger partial charge on any atom is -0.352 e. The first-order valence-electron chi connectivity index (χ1n) is 9.08. The Balaban J connectivity index is 1.40. The molecule has 1 aliphatic heterocycles. The fourth-order valence-electron chi connectivity index (χ4n) is 3.34. The Morgan fingerprint density at radius 3 is 2.52 bits per heavy atom. The normalized spacial score (nSPS) is 14.6. The van der Waals surface area contributed by atoms with Gasteiger partial charge < -0.3 is 15.1 Å². The minimum absolute atomic E-state index is 0.0559. The first-order valence-corrected chi connectivity index (χ1v) is 9.08. The second kappa shape index (κ2) is 6.86. The van der Waals surface area contributed by atoms with Crippen LogP contribution in [-0.4, -0.2) is 56.9 Å². The average molecular weight is 365 g/mol. The molecular weight excluding hydrogens is 342 g/mol. The van der Waals surface area contributed by atoms with Gasteiger partial charge in [-0.25, -0.2) is 4.79 Å². The lowest BCUT2D eigenvalue weighted by Crippen LogP contribution is -2.50. The van der Waals surface area contributed by atoms with E-state index < -0.39 is 0 Å². The highest BCUT2D eigenvalue weighted by atomic mass is 16.2. The maximum atomic E-state index is 12.6. The molecule has 3 heterocycles. The molecule has 2 aromatic heterocycles. The zero-order valence-corrected chi connectivity index (χ0v) is 15.8. The number of hydrogen-bond acceptors (Lipinski definition) is 5. The Morgan fingerprint density at radius 2 is 1.78 bits per heavy atom. The smallest absolute Gasteiger partial charge is 0.321 e. The summed E-state index contributed by atoms with van der Waals surface area (Å²) in [4.78, 5) is 16.6. The van der Waals surface area contributed by atoms with Crippen LogP contribution in [0.1, 0.15) is 17.0 Å². The van der Waals surface area contributed by atoms with Crippen LogP contribution in [0, 0.1) is 20.8 Å². The van der Waals surface area contributed by atoms with Gasteiger partial charge in [0.15, 0.2) is 11.5 Å². The largest absolute Gasteiger partial charge is 0.352 e.